The van der Waals surface area contributed by atoms with Crippen LogP contribution in [0.2, 0.25) is 0 Å². The fourth-order valence-corrected chi connectivity index (χ4v) is 3.18. The van der Waals surface area contributed by atoms with E-state index in [9.17, 15) is 0 Å². The average molecular weight is 356 g/mol. The van der Waals surface area contributed by atoms with E-state index >= 15 is 0 Å². The summed E-state index contributed by atoms with van der Waals surface area (Å²) in [7, 11) is 0. The second kappa shape index (κ2) is 6.90. The van der Waals surface area contributed by atoms with Crippen LogP contribution in [0.3, 0.4) is 0 Å². The second-order valence-corrected chi connectivity index (χ2v) is 6.13. The third-order valence-corrected chi connectivity index (χ3v) is 4.41. The molecule has 1 aliphatic heterocycles. The smallest absolute Gasteiger partial charge is 0.214 e. The number of benzene rings is 3. The summed E-state index contributed by atoms with van der Waals surface area (Å²) in [6.07, 6.45) is 0. The molecule has 3 aromatic rings. The van der Waals surface area contributed by atoms with Crippen molar-refractivity contribution in [1.82, 2.24) is 0 Å². The molecule has 0 aromatic heterocycles. The average Bonchev–Trinajstić information content (AvgIpc) is 2.94. The van der Waals surface area contributed by atoms with Crippen LogP contribution in [-0.4, -0.2) is 16.8 Å². The maximum absolute atomic E-state index is 8.75. The summed E-state index contributed by atoms with van der Waals surface area (Å²) in [6, 6.07) is 29.1. The van der Waals surface area contributed by atoms with Crippen LogP contribution >= 0.6 is 12.2 Å². The lowest BCUT2D eigenvalue weighted by Crippen LogP contribution is -2.34. The Labute approximate surface area is 157 Å². The molecular formula is C21H16N4S. The van der Waals surface area contributed by atoms with Gasteiger partial charge in [0.15, 0.2) is 10.8 Å². The molecule has 3 aromatic carbocycles. The third kappa shape index (κ3) is 2.89. The highest BCUT2D eigenvalue weighted by molar-refractivity contribution is 7.82. The molecule has 5 heteroatoms. The zero-order valence-corrected chi connectivity index (χ0v) is 14.7. The molecule has 0 unspecified atom stereocenters. The zero-order valence-electron chi connectivity index (χ0n) is 13.9. The highest BCUT2D eigenvalue weighted by atomic mass is 32.1. The molecule has 1 heterocycles. The molecule has 1 N–H and O–H groups in total. The quantitative estimate of drug-likeness (QED) is 0.671. The molecule has 26 heavy (non-hydrogen) atoms. The van der Waals surface area contributed by atoms with Crippen molar-refractivity contribution in [3.05, 3.63) is 91.0 Å². The predicted molar refractivity (Wildman–Crippen MR) is 112 cm³/mol. The van der Waals surface area contributed by atoms with E-state index in [0.717, 1.165) is 17.1 Å². The second-order valence-electron chi connectivity index (χ2n) is 5.74. The number of thiocarbonyl (C=S) groups is 1. The van der Waals surface area contributed by atoms with E-state index in [-0.39, 0.29) is 5.96 Å². The monoisotopic (exact) mass is 356 g/mol. The lowest BCUT2D eigenvalue weighted by Gasteiger charge is -2.20. The number of amidine groups is 1. The van der Waals surface area contributed by atoms with Gasteiger partial charge < -0.3 is 0 Å². The van der Waals surface area contributed by atoms with Crippen LogP contribution in [-0.2, 0) is 0 Å². The first kappa shape index (κ1) is 16.2. The fourth-order valence-electron chi connectivity index (χ4n) is 2.85. The summed E-state index contributed by atoms with van der Waals surface area (Å²) in [5.41, 5.74) is 2.50. The van der Waals surface area contributed by atoms with Gasteiger partial charge in [0.1, 0.15) is 0 Å². The molecule has 0 bridgehead atoms. The molecule has 0 amide bonds. The van der Waals surface area contributed by atoms with Crippen molar-refractivity contribution in [2.45, 2.75) is 0 Å². The van der Waals surface area contributed by atoms with Crippen molar-refractivity contribution in [2.75, 3.05) is 9.80 Å². The molecule has 0 aliphatic carbocycles. The highest BCUT2D eigenvalue weighted by Crippen LogP contribution is 2.29. The number of hydrogen-bond acceptors (Lipinski definition) is 3. The number of guanidine groups is 1. The topological polar surface area (TPSA) is 42.7 Å². The maximum atomic E-state index is 8.75. The molecule has 1 aliphatic rings. The normalized spacial score (nSPS) is 15.8. The summed E-state index contributed by atoms with van der Waals surface area (Å²) in [5, 5.41) is 8.75. The predicted octanol–water partition coefficient (Wildman–Crippen LogP) is 5.01. The van der Waals surface area contributed by atoms with Crippen LogP contribution in [0.1, 0.15) is 0 Å². The Balaban J connectivity index is 1.85. The van der Waals surface area contributed by atoms with Gasteiger partial charge >= 0.3 is 0 Å². The Morgan fingerprint density at radius 3 is 1.65 bits per heavy atom. The van der Waals surface area contributed by atoms with E-state index in [2.05, 4.69) is 0 Å². The standard InChI is InChI=1S/C21H16N4S/c22-21-24(17-12-6-2-7-13-17)19(23-16-10-4-1-5-11-16)20(26)25(21)18-14-8-3-9-15-18/h1-15,22H/b22-21?,23-19-. The van der Waals surface area contributed by atoms with E-state index in [1.54, 1.807) is 9.80 Å². The van der Waals surface area contributed by atoms with Crippen molar-refractivity contribution in [1.29, 1.82) is 5.41 Å². The highest BCUT2D eigenvalue weighted by Gasteiger charge is 2.38. The minimum Gasteiger partial charge on any atom is -0.268 e. The van der Waals surface area contributed by atoms with Gasteiger partial charge in [0, 0.05) is 5.69 Å². The van der Waals surface area contributed by atoms with Crippen molar-refractivity contribution < 1.29 is 0 Å². The van der Waals surface area contributed by atoms with Gasteiger partial charge in [0.25, 0.3) is 0 Å². The van der Waals surface area contributed by atoms with Gasteiger partial charge in [0.2, 0.25) is 5.96 Å². The molecule has 1 saturated heterocycles. The Kier molecular flexibility index (Phi) is 4.29. The van der Waals surface area contributed by atoms with Gasteiger partial charge in [0.05, 0.1) is 11.4 Å². The number of nitrogens with one attached hydrogen (secondary N) is 1. The van der Waals surface area contributed by atoms with Crippen LogP contribution in [0, 0.1) is 5.41 Å². The number of para-hydroxylation sites is 3. The number of nitrogens with zero attached hydrogens (tertiary/aromatic N) is 3. The van der Waals surface area contributed by atoms with E-state index in [4.69, 9.17) is 22.6 Å². The zero-order chi connectivity index (χ0) is 17.9. The molecule has 0 atom stereocenters. The first-order valence-corrected chi connectivity index (χ1v) is 8.63. The molecular weight excluding hydrogens is 340 g/mol. The SMILES string of the molecule is N=C1N(c2ccccc2)C(=S)/C(=N/c2ccccc2)N1c1ccccc1. The van der Waals surface area contributed by atoms with Crippen LogP contribution in [0.25, 0.3) is 0 Å². The Morgan fingerprint density at radius 2 is 1.12 bits per heavy atom. The molecule has 0 saturated carbocycles. The summed E-state index contributed by atoms with van der Waals surface area (Å²) < 4.78 is 0. The first-order chi connectivity index (χ1) is 12.8. The van der Waals surface area contributed by atoms with Crippen LogP contribution in [0.5, 0.6) is 0 Å². The van der Waals surface area contributed by atoms with E-state index in [1.807, 2.05) is 91.0 Å². The van der Waals surface area contributed by atoms with Crippen molar-refractivity contribution >= 4 is 46.1 Å². The molecule has 1 fully saturated rings. The van der Waals surface area contributed by atoms with Crippen molar-refractivity contribution in [2.24, 2.45) is 4.99 Å². The molecule has 126 valence electrons. The Hall–Kier alpha value is -3.31. The molecule has 4 rings (SSSR count). The van der Waals surface area contributed by atoms with Crippen molar-refractivity contribution in [3.63, 3.8) is 0 Å². The third-order valence-electron chi connectivity index (χ3n) is 4.05. The lowest BCUT2D eigenvalue weighted by atomic mass is 10.3. The van der Waals surface area contributed by atoms with Gasteiger partial charge in [-0.15, -0.1) is 0 Å². The fraction of sp³-hybridized carbons (Fsp3) is 0. The molecule has 0 radical (unpaired) electrons. The first-order valence-electron chi connectivity index (χ1n) is 8.23. The number of aliphatic imine (C=N–C) groups is 1. The number of rotatable bonds is 3. The Morgan fingerprint density at radius 1 is 0.654 bits per heavy atom. The number of hydrogen-bond donors (Lipinski definition) is 1. The minimum atomic E-state index is 0.266. The van der Waals surface area contributed by atoms with E-state index < -0.39 is 0 Å². The maximum Gasteiger partial charge on any atom is 0.214 e. The molecule has 4 nitrogen and oxygen atoms in total. The van der Waals surface area contributed by atoms with Crippen LogP contribution < -0.4 is 9.80 Å². The van der Waals surface area contributed by atoms with Gasteiger partial charge in [-0.2, -0.15) is 0 Å². The van der Waals surface area contributed by atoms with Gasteiger partial charge in [-0.1, -0.05) is 66.8 Å². The van der Waals surface area contributed by atoms with Crippen LogP contribution in [0.15, 0.2) is 96.0 Å². The van der Waals surface area contributed by atoms with Crippen molar-refractivity contribution in [3.8, 4) is 0 Å². The van der Waals surface area contributed by atoms with Gasteiger partial charge in [-0.05, 0) is 36.4 Å². The van der Waals surface area contributed by atoms with E-state index in [1.165, 1.54) is 0 Å². The van der Waals surface area contributed by atoms with Gasteiger partial charge in [-0.25, -0.2) is 4.99 Å². The lowest BCUT2D eigenvalue weighted by molar-refractivity contribution is 1.30. The molecule has 0 spiro atoms. The summed E-state index contributed by atoms with van der Waals surface area (Å²) >= 11 is 5.71. The largest absolute Gasteiger partial charge is 0.268 e. The summed E-state index contributed by atoms with van der Waals surface area (Å²) in [6.45, 7) is 0. The number of anilines is 2. The van der Waals surface area contributed by atoms with E-state index in [0.29, 0.717) is 10.8 Å². The minimum absolute atomic E-state index is 0.266. The summed E-state index contributed by atoms with van der Waals surface area (Å²) in [4.78, 5) is 8.77. The van der Waals surface area contributed by atoms with Gasteiger partial charge in [-0.3, -0.25) is 15.2 Å². The van der Waals surface area contributed by atoms with Crippen LogP contribution in [0.4, 0.5) is 17.1 Å². The summed E-state index contributed by atoms with van der Waals surface area (Å²) in [5.74, 6) is 0.841. The Bertz CT molecular complexity index is 969.